The molecular weight excluding hydrogens is 292 g/mol. The largest absolute Gasteiger partial charge is 0.456 e. The normalized spacial score (nSPS) is 12.2. The Balaban J connectivity index is 2.20. The molecule has 0 radical (unpaired) electrons. The first-order chi connectivity index (χ1) is 11.1. The van der Waals surface area contributed by atoms with Crippen molar-refractivity contribution < 1.29 is 14.3 Å². The number of nitrogens with zero attached hydrogens (tertiary/aromatic N) is 2. The van der Waals surface area contributed by atoms with Crippen LogP contribution in [0.15, 0.2) is 42.9 Å². The molecule has 1 aromatic carbocycles. The van der Waals surface area contributed by atoms with Gasteiger partial charge in [-0.25, -0.2) is 9.78 Å². The van der Waals surface area contributed by atoms with Gasteiger partial charge in [-0.2, -0.15) is 0 Å². The molecule has 0 spiro atoms. The van der Waals surface area contributed by atoms with Gasteiger partial charge >= 0.3 is 5.97 Å². The van der Waals surface area contributed by atoms with Crippen molar-refractivity contribution in [2.24, 2.45) is 0 Å². The van der Waals surface area contributed by atoms with Crippen molar-refractivity contribution in [3.8, 4) is 0 Å². The van der Waals surface area contributed by atoms with Crippen molar-refractivity contribution >= 4 is 11.8 Å². The molecule has 0 amide bonds. The first-order valence-corrected chi connectivity index (χ1v) is 7.90. The number of hydrogen-bond donors (Lipinski definition) is 0. The van der Waals surface area contributed by atoms with Gasteiger partial charge in [-0.15, -0.1) is 0 Å². The Morgan fingerprint density at radius 3 is 2.43 bits per heavy atom. The van der Waals surface area contributed by atoms with Gasteiger partial charge < -0.3 is 9.30 Å². The summed E-state index contributed by atoms with van der Waals surface area (Å²) in [5.74, 6) is -1.47. The van der Waals surface area contributed by atoms with E-state index in [1.807, 2.05) is 51.1 Å². The maximum Gasteiger partial charge on any atom is 0.381 e. The first-order valence-electron chi connectivity index (χ1n) is 7.90. The fourth-order valence-electron chi connectivity index (χ4n) is 2.45. The molecule has 2 aromatic rings. The van der Waals surface area contributed by atoms with Gasteiger partial charge in [0, 0.05) is 0 Å². The van der Waals surface area contributed by atoms with Crippen LogP contribution in [0.1, 0.15) is 55.7 Å². The van der Waals surface area contributed by atoms with Crippen molar-refractivity contribution in [3.63, 3.8) is 0 Å². The fourth-order valence-corrected chi connectivity index (χ4v) is 2.45. The molecule has 0 bridgehead atoms. The number of rotatable bonds is 7. The highest BCUT2D eigenvalue weighted by molar-refractivity contribution is 6.40. The zero-order chi connectivity index (χ0) is 16.8. The van der Waals surface area contributed by atoms with Crippen LogP contribution in [0.5, 0.6) is 0 Å². The lowest BCUT2D eigenvalue weighted by atomic mass is 10.1. The summed E-state index contributed by atoms with van der Waals surface area (Å²) in [6, 6.07) is 9.65. The van der Waals surface area contributed by atoms with Crippen LogP contribution in [0.2, 0.25) is 0 Å². The molecule has 0 saturated heterocycles. The summed E-state index contributed by atoms with van der Waals surface area (Å²) in [6.45, 7) is 5.81. The Morgan fingerprint density at radius 2 is 1.83 bits per heavy atom. The number of hydrogen-bond acceptors (Lipinski definition) is 4. The molecule has 0 unspecified atom stereocenters. The third-order valence-electron chi connectivity index (χ3n) is 3.97. The highest BCUT2D eigenvalue weighted by Crippen LogP contribution is 2.20. The number of imidazole rings is 1. The molecule has 0 fully saturated rings. The molecule has 122 valence electrons. The quantitative estimate of drug-likeness (QED) is 0.446. The van der Waals surface area contributed by atoms with E-state index in [1.54, 1.807) is 10.9 Å². The van der Waals surface area contributed by atoms with Crippen LogP contribution >= 0.6 is 0 Å². The average Bonchev–Trinajstić information content (AvgIpc) is 3.08. The van der Waals surface area contributed by atoms with E-state index in [0.717, 1.165) is 5.56 Å². The molecule has 5 nitrogen and oxygen atoms in total. The minimum Gasteiger partial charge on any atom is -0.456 e. The molecule has 23 heavy (non-hydrogen) atoms. The molecule has 0 aliphatic carbocycles. The lowest BCUT2D eigenvalue weighted by Gasteiger charge is -2.17. The minimum absolute atomic E-state index is 0.0985. The van der Waals surface area contributed by atoms with Crippen LogP contribution in [-0.2, 0) is 9.53 Å². The number of Topliss-reactive ketones (excluding diaryl/α,β-unsaturated/α-hetero) is 1. The predicted molar refractivity (Wildman–Crippen MR) is 87.3 cm³/mol. The Bertz CT molecular complexity index is 660. The van der Waals surface area contributed by atoms with E-state index >= 15 is 0 Å². The van der Waals surface area contributed by atoms with Crippen molar-refractivity contribution in [1.29, 1.82) is 0 Å². The number of ketones is 1. The standard InChI is InChI=1S/C18H22N2O3/c1-4-15(5-2)23-18(22)17(21)16-11-19-12-20(16)13(3)14-9-7-6-8-10-14/h6-13,15H,4-5H2,1-3H3/t13-/m1/s1. The molecule has 0 N–H and O–H groups in total. The van der Waals surface area contributed by atoms with Crippen molar-refractivity contribution in [2.45, 2.75) is 45.8 Å². The van der Waals surface area contributed by atoms with Crippen molar-refractivity contribution in [3.05, 3.63) is 54.1 Å². The zero-order valence-electron chi connectivity index (χ0n) is 13.7. The van der Waals surface area contributed by atoms with E-state index in [-0.39, 0.29) is 17.8 Å². The second-order valence-corrected chi connectivity index (χ2v) is 5.45. The van der Waals surface area contributed by atoms with E-state index in [0.29, 0.717) is 12.8 Å². The van der Waals surface area contributed by atoms with E-state index in [9.17, 15) is 9.59 Å². The molecule has 0 aliphatic rings. The number of aromatic nitrogens is 2. The predicted octanol–water partition coefficient (Wildman–Crippen LogP) is 3.41. The van der Waals surface area contributed by atoms with Gasteiger partial charge in [-0.3, -0.25) is 4.79 Å². The Kier molecular flexibility index (Phi) is 5.68. The second-order valence-electron chi connectivity index (χ2n) is 5.45. The van der Waals surface area contributed by atoms with Crippen LogP contribution in [0.4, 0.5) is 0 Å². The van der Waals surface area contributed by atoms with E-state index in [1.165, 1.54) is 6.20 Å². The van der Waals surface area contributed by atoms with Gasteiger partial charge in [0.05, 0.1) is 18.6 Å². The number of esters is 1. The molecule has 1 aromatic heterocycles. The van der Waals surface area contributed by atoms with E-state index in [4.69, 9.17) is 4.74 Å². The number of carbonyl (C=O) groups is 2. The van der Waals surface area contributed by atoms with Gasteiger partial charge in [0.25, 0.3) is 5.78 Å². The maximum atomic E-state index is 12.4. The fraction of sp³-hybridized carbons (Fsp3) is 0.389. The summed E-state index contributed by atoms with van der Waals surface area (Å²) >= 11 is 0. The smallest absolute Gasteiger partial charge is 0.381 e. The number of benzene rings is 1. The Morgan fingerprint density at radius 1 is 1.17 bits per heavy atom. The monoisotopic (exact) mass is 314 g/mol. The summed E-state index contributed by atoms with van der Waals surface area (Å²) in [5.41, 5.74) is 1.28. The molecule has 5 heteroatoms. The molecule has 1 heterocycles. The first kappa shape index (κ1) is 16.9. The van der Waals surface area contributed by atoms with Crippen LogP contribution in [0.3, 0.4) is 0 Å². The lowest BCUT2D eigenvalue weighted by Crippen LogP contribution is -2.26. The van der Waals surface area contributed by atoms with Gasteiger partial charge in [0.15, 0.2) is 0 Å². The Labute approximate surface area is 136 Å². The molecule has 2 rings (SSSR count). The zero-order valence-corrected chi connectivity index (χ0v) is 13.7. The molecule has 0 aliphatic heterocycles. The van der Waals surface area contributed by atoms with E-state index in [2.05, 4.69) is 4.98 Å². The van der Waals surface area contributed by atoms with Crippen LogP contribution in [-0.4, -0.2) is 27.4 Å². The summed E-state index contributed by atoms with van der Waals surface area (Å²) in [6.07, 6.45) is 4.13. The van der Waals surface area contributed by atoms with Gasteiger partial charge in [-0.1, -0.05) is 44.2 Å². The SMILES string of the molecule is CCC(CC)OC(=O)C(=O)c1cncn1[C@H](C)c1ccccc1. The topological polar surface area (TPSA) is 61.2 Å². The third-order valence-corrected chi connectivity index (χ3v) is 3.97. The van der Waals surface area contributed by atoms with Crippen LogP contribution in [0, 0.1) is 0 Å². The van der Waals surface area contributed by atoms with Gasteiger partial charge in [0.1, 0.15) is 11.8 Å². The van der Waals surface area contributed by atoms with Gasteiger partial charge in [-0.05, 0) is 25.3 Å². The van der Waals surface area contributed by atoms with Crippen molar-refractivity contribution in [1.82, 2.24) is 9.55 Å². The molecule has 1 atom stereocenters. The molecule has 0 saturated carbocycles. The van der Waals surface area contributed by atoms with E-state index < -0.39 is 11.8 Å². The maximum absolute atomic E-state index is 12.4. The molecular formula is C18H22N2O3. The minimum atomic E-state index is -0.819. The summed E-state index contributed by atoms with van der Waals surface area (Å²) in [7, 11) is 0. The lowest BCUT2D eigenvalue weighted by molar-refractivity contribution is -0.143. The van der Waals surface area contributed by atoms with Gasteiger partial charge in [0.2, 0.25) is 0 Å². The Hall–Kier alpha value is -2.43. The summed E-state index contributed by atoms with van der Waals surface area (Å²) in [5, 5.41) is 0. The van der Waals surface area contributed by atoms with Crippen LogP contribution in [0.25, 0.3) is 0 Å². The highest BCUT2D eigenvalue weighted by atomic mass is 16.5. The van der Waals surface area contributed by atoms with Crippen LogP contribution < -0.4 is 0 Å². The number of ether oxygens (including phenoxy) is 1. The highest BCUT2D eigenvalue weighted by Gasteiger charge is 2.25. The third kappa shape index (κ3) is 3.86. The number of carbonyl (C=O) groups excluding carboxylic acids is 2. The second kappa shape index (κ2) is 7.72. The summed E-state index contributed by atoms with van der Waals surface area (Å²) in [4.78, 5) is 28.5. The summed E-state index contributed by atoms with van der Waals surface area (Å²) < 4.78 is 6.95. The average molecular weight is 314 g/mol. The van der Waals surface area contributed by atoms with Crippen molar-refractivity contribution in [2.75, 3.05) is 0 Å².